The summed E-state index contributed by atoms with van der Waals surface area (Å²) in [6.45, 7) is 2.01. The van der Waals surface area contributed by atoms with Gasteiger partial charge >= 0.3 is 0 Å². The van der Waals surface area contributed by atoms with Crippen LogP contribution in [0.2, 0.25) is 0 Å². The lowest BCUT2D eigenvalue weighted by atomic mass is 10.1. The number of nitrogens with one attached hydrogen (secondary N) is 1. The quantitative estimate of drug-likeness (QED) is 0.603. The number of aromatic nitrogens is 2. The third-order valence-electron chi connectivity index (χ3n) is 4.01. The molecule has 0 aliphatic carbocycles. The maximum atomic E-state index is 12.7. The van der Waals surface area contributed by atoms with E-state index >= 15 is 0 Å². The van der Waals surface area contributed by atoms with Crippen LogP contribution in [0.5, 0.6) is 0 Å². The number of carbonyl (C=O) groups excluding carboxylic acids is 1. The Balaban J connectivity index is 1.68. The Kier molecular flexibility index (Phi) is 3.74. The standard InChI is InChI=1S/C20H15N3O2/c1-13-7-9-15(10-8-13)19-16(12-22-25-19)20(24)23-17-6-2-4-14-5-3-11-21-18(14)17/h2-12H,1H3,(H,23,24). The van der Waals surface area contributed by atoms with Crippen LogP contribution < -0.4 is 5.32 Å². The predicted octanol–water partition coefficient (Wildman–Crippen LogP) is 4.45. The molecule has 0 aliphatic rings. The molecule has 0 saturated carbocycles. The van der Waals surface area contributed by atoms with E-state index < -0.39 is 0 Å². The van der Waals surface area contributed by atoms with E-state index in [9.17, 15) is 4.79 Å². The van der Waals surface area contributed by atoms with E-state index in [2.05, 4.69) is 15.5 Å². The molecule has 0 atom stereocenters. The van der Waals surface area contributed by atoms with Gasteiger partial charge in [-0.25, -0.2) is 0 Å². The molecule has 0 saturated heterocycles. The Bertz CT molecular complexity index is 1050. The molecule has 2 aromatic heterocycles. The smallest absolute Gasteiger partial charge is 0.261 e. The van der Waals surface area contributed by atoms with Crippen molar-refractivity contribution in [1.82, 2.24) is 10.1 Å². The van der Waals surface area contributed by atoms with Gasteiger partial charge in [0.05, 0.1) is 17.4 Å². The molecule has 0 radical (unpaired) electrons. The summed E-state index contributed by atoms with van der Waals surface area (Å²) in [6.07, 6.45) is 3.14. The third kappa shape index (κ3) is 2.87. The fourth-order valence-electron chi connectivity index (χ4n) is 2.71. The lowest BCUT2D eigenvalue weighted by Crippen LogP contribution is -2.12. The summed E-state index contributed by atoms with van der Waals surface area (Å²) in [5.74, 6) is 0.167. The molecule has 122 valence electrons. The first-order valence-electron chi connectivity index (χ1n) is 7.89. The summed E-state index contributed by atoms with van der Waals surface area (Å²) < 4.78 is 5.31. The lowest BCUT2D eigenvalue weighted by molar-refractivity contribution is 0.102. The summed E-state index contributed by atoms with van der Waals surface area (Å²) in [4.78, 5) is 17.1. The van der Waals surface area contributed by atoms with Crippen molar-refractivity contribution in [2.24, 2.45) is 0 Å². The highest BCUT2D eigenvalue weighted by Gasteiger charge is 2.18. The third-order valence-corrected chi connectivity index (χ3v) is 4.01. The van der Waals surface area contributed by atoms with Gasteiger partial charge in [0.15, 0.2) is 5.76 Å². The van der Waals surface area contributed by atoms with Crippen LogP contribution in [-0.4, -0.2) is 16.0 Å². The minimum absolute atomic E-state index is 0.282. The Labute approximate surface area is 144 Å². The molecule has 2 aromatic carbocycles. The summed E-state index contributed by atoms with van der Waals surface area (Å²) in [5, 5.41) is 7.66. The van der Waals surface area contributed by atoms with Crippen LogP contribution in [-0.2, 0) is 0 Å². The number of fused-ring (bicyclic) bond motifs is 1. The highest BCUT2D eigenvalue weighted by Crippen LogP contribution is 2.26. The normalized spacial score (nSPS) is 10.8. The molecule has 1 amide bonds. The molecule has 0 unspecified atom stereocenters. The van der Waals surface area contributed by atoms with Gasteiger partial charge in [0.25, 0.3) is 5.91 Å². The topological polar surface area (TPSA) is 68.0 Å². The van der Waals surface area contributed by atoms with Crippen LogP contribution in [0, 0.1) is 6.92 Å². The zero-order valence-corrected chi connectivity index (χ0v) is 13.6. The van der Waals surface area contributed by atoms with Gasteiger partial charge in [0.2, 0.25) is 0 Å². The number of aryl methyl sites for hydroxylation is 1. The summed E-state index contributed by atoms with van der Waals surface area (Å²) in [5.41, 5.74) is 3.73. The van der Waals surface area contributed by atoms with Crippen LogP contribution in [0.1, 0.15) is 15.9 Å². The van der Waals surface area contributed by atoms with Crippen LogP contribution in [0.3, 0.4) is 0 Å². The van der Waals surface area contributed by atoms with Crippen molar-refractivity contribution in [2.75, 3.05) is 5.32 Å². The maximum absolute atomic E-state index is 12.7. The fraction of sp³-hybridized carbons (Fsp3) is 0.0500. The highest BCUT2D eigenvalue weighted by atomic mass is 16.5. The molecular weight excluding hydrogens is 314 g/mol. The van der Waals surface area contributed by atoms with Gasteiger partial charge in [0, 0.05) is 17.1 Å². The van der Waals surface area contributed by atoms with E-state index in [1.54, 1.807) is 6.20 Å². The van der Waals surface area contributed by atoms with E-state index in [1.165, 1.54) is 6.20 Å². The second kappa shape index (κ2) is 6.20. The summed E-state index contributed by atoms with van der Waals surface area (Å²) >= 11 is 0. The number of carbonyl (C=O) groups is 1. The number of benzene rings is 2. The Hall–Kier alpha value is -3.47. The molecule has 5 nitrogen and oxygen atoms in total. The first kappa shape index (κ1) is 15.1. The monoisotopic (exact) mass is 329 g/mol. The lowest BCUT2D eigenvalue weighted by Gasteiger charge is -2.07. The van der Waals surface area contributed by atoms with E-state index in [1.807, 2.05) is 61.5 Å². The Morgan fingerprint density at radius 3 is 2.68 bits per heavy atom. The largest absolute Gasteiger partial charge is 0.355 e. The van der Waals surface area contributed by atoms with Crippen LogP contribution in [0.25, 0.3) is 22.2 Å². The molecule has 5 heteroatoms. The van der Waals surface area contributed by atoms with Crippen molar-refractivity contribution in [3.8, 4) is 11.3 Å². The van der Waals surface area contributed by atoms with Crippen molar-refractivity contribution in [1.29, 1.82) is 0 Å². The van der Waals surface area contributed by atoms with Gasteiger partial charge in [-0.2, -0.15) is 0 Å². The van der Waals surface area contributed by atoms with Crippen molar-refractivity contribution < 1.29 is 9.32 Å². The van der Waals surface area contributed by atoms with Gasteiger partial charge in [-0.05, 0) is 19.1 Å². The molecular formula is C20H15N3O2. The fourth-order valence-corrected chi connectivity index (χ4v) is 2.71. The Morgan fingerprint density at radius 1 is 1.04 bits per heavy atom. The number of pyridine rings is 1. The van der Waals surface area contributed by atoms with Crippen molar-refractivity contribution >= 4 is 22.5 Å². The number of hydrogen-bond acceptors (Lipinski definition) is 4. The average Bonchev–Trinajstić information content (AvgIpc) is 3.12. The zero-order chi connectivity index (χ0) is 17.2. The second-order valence-electron chi connectivity index (χ2n) is 5.77. The summed E-state index contributed by atoms with van der Waals surface area (Å²) in [7, 11) is 0. The SMILES string of the molecule is Cc1ccc(-c2oncc2C(=O)Nc2cccc3cccnc23)cc1. The first-order chi connectivity index (χ1) is 12.2. The minimum Gasteiger partial charge on any atom is -0.355 e. The first-order valence-corrected chi connectivity index (χ1v) is 7.89. The van der Waals surface area contributed by atoms with E-state index in [-0.39, 0.29) is 5.91 Å². The molecule has 0 spiro atoms. The van der Waals surface area contributed by atoms with Gasteiger partial charge in [0.1, 0.15) is 5.56 Å². The van der Waals surface area contributed by atoms with Crippen molar-refractivity contribution in [2.45, 2.75) is 6.92 Å². The highest BCUT2D eigenvalue weighted by molar-refractivity contribution is 6.10. The zero-order valence-electron chi connectivity index (χ0n) is 13.6. The van der Waals surface area contributed by atoms with Crippen molar-refractivity contribution in [3.63, 3.8) is 0 Å². The van der Waals surface area contributed by atoms with E-state index in [0.717, 1.165) is 22.0 Å². The molecule has 4 aromatic rings. The number of anilines is 1. The predicted molar refractivity (Wildman–Crippen MR) is 96.4 cm³/mol. The average molecular weight is 329 g/mol. The van der Waals surface area contributed by atoms with Crippen LogP contribution in [0.4, 0.5) is 5.69 Å². The molecule has 25 heavy (non-hydrogen) atoms. The van der Waals surface area contributed by atoms with Gasteiger partial charge in [-0.1, -0.05) is 53.2 Å². The van der Waals surface area contributed by atoms with Crippen LogP contribution >= 0.6 is 0 Å². The van der Waals surface area contributed by atoms with E-state index in [4.69, 9.17) is 4.52 Å². The molecule has 2 heterocycles. The molecule has 0 bridgehead atoms. The minimum atomic E-state index is -0.282. The van der Waals surface area contributed by atoms with Gasteiger partial charge in [-0.15, -0.1) is 0 Å². The molecule has 4 rings (SSSR count). The number of para-hydroxylation sites is 1. The number of nitrogens with zero attached hydrogens (tertiary/aromatic N) is 2. The van der Waals surface area contributed by atoms with Gasteiger partial charge in [-0.3, -0.25) is 9.78 Å². The number of amides is 1. The second-order valence-corrected chi connectivity index (χ2v) is 5.77. The number of rotatable bonds is 3. The Morgan fingerprint density at radius 2 is 1.84 bits per heavy atom. The van der Waals surface area contributed by atoms with E-state index in [0.29, 0.717) is 17.0 Å². The van der Waals surface area contributed by atoms with Crippen LogP contribution in [0.15, 0.2) is 71.5 Å². The van der Waals surface area contributed by atoms with Crippen molar-refractivity contribution in [3.05, 3.63) is 78.1 Å². The summed E-state index contributed by atoms with van der Waals surface area (Å²) in [6, 6.07) is 17.2. The molecule has 0 aliphatic heterocycles. The molecule has 1 N–H and O–H groups in total. The molecule has 0 fully saturated rings. The van der Waals surface area contributed by atoms with Gasteiger partial charge < -0.3 is 9.84 Å². The maximum Gasteiger partial charge on any atom is 0.261 e. The number of hydrogen-bond donors (Lipinski definition) is 1.